The number of aryl methyl sites for hydroxylation is 1. The van der Waals surface area contributed by atoms with Crippen molar-refractivity contribution in [2.45, 2.75) is 27.2 Å². The number of nitrogens with zero attached hydrogens (tertiary/aromatic N) is 1. The van der Waals surface area contributed by atoms with E-state index in [-0.39, 0.29) is 0 Å². The molecule has 1 aromatic heterocycles. The first-order chi connectivity index (χ1) is 8.78. The van der Waals surface area contributed by atoms with Crippen LogP contribution in [0.15, 0.2) is 24.3 Å². The summed E-state index contributed by atoms with van der Waals surface area (Å²) in [6.45, 7) is 7.81. The van der Waals surface area contributed by atoms with E-state index in [0.717, 1.165) is 35.4 Å². The van der Waals surface area contributed by atoms with Crippen LogP contribution in [0.5, 0.6) is 5.75 Å². The molecule has 0 amide bonds. The van der Waals surface area contributed by atoms with E-state index in [9.17, 15) is 0 Å². The summed E-state index contributed by atoms with van der Waals surface area (Å²) in [6.07, 6.45) is 0.976. The van der Waals surface area contributed by atoms with Crippen molar-refractivity contribution >= 4 is 16.7 Å². The summed E-state index contributed by atoms with van der Waals surface area (Å²) in [5.41, 5.74) is 2.25. The molecule has 0 aliphatic heterocycles. The van der Waals surface area contributed by atoms with Gasteiger partial charge >= 0.3 is 0 Å². The van der Waals surface area contributed by atoms with E-state index in [1.54, 1.807) is 0 Å². The highest BCUT2D eigenvalue weighted by Gasteiger charge is 2.05. The van der Waals surface area contributed by atoms with Crippen molar-refractivity contribution in [3.8, 4) is 5.75 Å². The normalized spacial score (nSPS) is 10.6. The average molecular weight is 244 g/mol. The maximum absolute atomic E-state index is 5.52. The Morgan fingerprint density at radius 1 is 1.17 bits per heavy atom. The zero-order valence-electron chi connectivity index (χ0n) is 11.3. The van der Waals surface area contributed by atoms with Gasteiger partial charge in [-0.1, -0.05) is 6.92 Å². The van der Waals surface area contributed by atoms with Crippen molar-refractivity contribution in [1.29, 1.82) is 0 Å². The van der Waals surface area contributed by atoms with Crippen LogP contribution in [-0.4, -0.2) is 18.1 Å². The largest absolute Gasteiger partial charge is 0.494 e. The Kier molecular flexibility index (Phi) is 4.03. The van der Waals surface area contributed by atoms with Gasteiger partial charge in [0.2, 0.25) is 0 Å². The molecule has 3 nitrogen and oxygen atoms in total. The van der Waals surface area contributed by atoms with Gasteiger partial charge < -0.3 is 10.1 Å². The summed E-state index contributed by atoms with van der Waals surface area (Å²) < 4.78 is 5.52. The summed E-state index contributed by atoms with van der Waals surface area (Å²) in [4.78, 5) is 4.67. The molecular weight excluding hydrogens is 224 g/mol. The summed E-state index contributed by atoms with van der Waals surface area (Å²) in [7, 11) is 0. The first kappa shape index (κ1) is 12.7. The fourth-order valence-corrected chi connectivity index (χ4v) is 2.04. The quantitative estimate of drug-likeness (QED) is 0.872. The van der Waals surface area contributed by atoms with E-state index in [0.29, 0.717) is 6.61 Å². The first-order valence-corrected chi connectivity index (χ1v) is 6.58. The standard InChI is InChI=1S/C15H20N2O/c1-4-11-9-12-10-13(18-6-3)7-8-14(12)17-15(11)16-5-2/h7-10H,4-6H2,1-3H3,(H,16,17). The number of nitrogens with one attached hydrogen (secondary N) is 1. The lowest BCUT2D eigenvalue weighted by atomic mass is 10.1. The third-order valence-electron chi connectivity index (χ3n) is 2.90. The topological polar surface area (TPSA) is 34.2 Å². The van der Waals surface area contributed by atoms with E-state index >= 15 is 0 Å². The van der Waals surface area contributed by atoms with Gasteiger partial charge in [-0.25, -0.2) is 4.98 Å². The van der Waals surface area contributed by atoms with Crippen LogP contribution in [0.1, 0.15) is 26.3 Å². The lowest BCUT2D eigenvalue weighted by Gasteiger charge is -2.11. The Morgan fingerprint density at radius 2 is 2.00 bits per heavy atom. The van der Waals surface area contributed by atoms with E-state index in [2.05, 4.69) is 36.3 Å². The molecule has 1 N–H and O–H groups in total. The predicted octanol–water partition coefficient (Wildman–Crippen LogP) is 3.63. The van der Waals surface area contributed by atoms with Crippen molar-refractivity contribution in [2.75, 3.05) is 18.5 Å². The van der Waals surface area contributed by atoms with Gasteiger partial charge in [-0.3, -0.25) is 0 Å². The first-order valence-electron chi connectivity index (χ1n) is 6.58. The summed E-state index contributed by atoms with van der Waals surface area (Å²) in [5.74, 6) is 1.90. The third kappa shape index (κ3) is 2.55. The second kappa shape index (κ2) is 5.71. The highest BCUT2D eigenvalue weighted by molar-refractivity contribution is 5.83. The highest BCUT2D eigenvalue weighted by atomic mass is 16.5. The monoisotopic (exact) mass is 244 g/mol. The maximum atomic E-state index is 5.52. The number of ether oxygens (including phenoxy) is 1. The number of anilines is 1. The lowest BCUT2D eigenvalue weighted by Crippen LogP contribution is -2.03. The molecule has 18 heavy (non-hydrogen) atoms. The van der Waals surface area contributed by atoms with Crippen LogP contribution in [-0.2, 0) is 6.42 Å². The number of hydrogen-bond donors (Lipinski definition) is 1. The van der Waals surface area contributed by atoms with Gasteiger partial charge in [-0.2, -0.15) is 0 Å². The van der Waals surface area contributed by atoms with Gasteiger partial charge in [0, 0.05) is 11.9 Å². The second-order valence-electron chi connectivity index (χ2n) is 4.17. The Bertz CT molecular complexity index is 537. The van der Waals surface area contributed by atoms with Gasteiger partial charge in [-0.15, -0.1) is 0 Å². The molecule has 1 heterocycles. The Hall–Kier alpha value is -1.77. The van der Waals surface area contributed by atoms with Crippen molar-refractivity contribution in [1.82, 2.24) is 4.98 Å². The minimum atomic E-state index is 0.690. The Labute approximate surface area is 108 Å². The molecule has 0 bridgehead atoms. The van der Waals surface area contributed by atoms with Crippen LogP contribution >= 0.6 is 0 Å². The predicted molar refractivity (Wildman–Crippen MR) is 76.5 cm³/mol. The minimum absolute atomic E-state index is 0.690. The van der Waals surface area contributed by atoms with Gasteiger partial charge in [0.05, 0.1) is 12.1 Å². The van der Waals surface area contributed by atoms with E-state index in [1.807, 2.05) is 19.1 Å². The van der Waals surface area contributed by atoms with Crippen LogP contribution in [0.25, 0.3) is 10.9 Å². The number of hydrogen-bond acceptors (Lipinski definition) is 3. The van der Waals surface area contributed by atoms with E-state index in [1.165, 1.54) is 5.56 Å². The molecule has 2 aromatic rings. The third-order valence-corrected chi connectivity index (χ3v) is 2.90. The molecule has 96 valence electrons. The van der Waals surface area contributed by atoms with E-state index in [4.69, 9.17) is 4.74 Å². The Balaban J connectivity index is 2.49. The minimum Gasteiger partial charge on any atom is -0.494 e. The number of pyridine rings is 1. The van der Waals surface area contributed by atoms with E-state index < -0.39 is 0 Å². The molecular formula is C15H20N2O. The van der Waals surface area contributed by atoms with Crippen LogP contribution in [0, 0.1) is 0 Å². The van der Waals surface area contributed by atoms with Crippen molar-refractivity contribution in [3.05, 3.63) is 29.8 Å². The van der Waals surface area contributed by atoms with Gasteiger partial charge in [0.25, 0.3) is 0 Å². The van der Waals surface area contributed by atoms with Crippen molar-refractivity contribution < 1.29 is 4.74 Å². The zero-order valence-corrected chi connectivity index (χ0v) is 11.3. The second-order valence-corrected chi connectivity index (χ2v) is 4.17. The molecule has 0 saturated heterocycles. The zero-order chi connectivity index (χ0) is 13.0. The van der Waals surface area contributed by atoms with Crippen molar-refractivity contribution in [3.63, 3.8) is 0 Å². The molecule has 0 fully saturated rings. The van der Waals surface area contributed by atoms with Gasteiger partial charge in [0.15, 0.2) is 0 Å². The van der Waals surface area contributed by atoms with Crippen LogP contribution in [0.4, 0.5) is 5.82 Å². The molecule has 3 heteroatoms. The van der Waals surface area contributed by atoms with Crippen LogP contribution < -0.4 is 10.1 Å². The van der Waals surface area contributed by atoms with Crippen LogP contribution in [0.3, 0.4) is 0 Å². The highest BCUT2D eigenvalue weighted by Crippen LogP contribution is 2.24. The lowest BCUT2D eigenvalue weighted by molar-refractivity contribution is 0.340. The number of aromatic nitrogens is 1. The summed E-state index contributed by atoms with van der Waals surface area (Å²) >= 11 is 0. The smallest absolute Gasteiger partial charge is 0.129 e. The van der Waals surface area contributed by atoms with Gasteiger partial charge in [0.1, 0.15) is 11.6 Å². The molecule has 0 atom stereocenters. The van der Waals surface area contributed by atoms with Crippen molar-refractivity contribution in [2.24, 2.45) is 0 Å². The molecule has 0 radical (unpaired) electrons. The molecule has 0 aliphatic carbocycles. The fourth-order valence-electron chi connectivity index (χ4n) is 2.04. The molecule has 0 unspecified atom stereocenters. The number of rotatable bonds is 5. The fraction of sp³-hybridized carbons (Fsp3) is 0.400. The number of fused-ring (bicyclic) bond motifs is 1. The summed E-state index contributed by atoms with van der Waals surface area (Å²) in [6, 6.07) is 8.24. The molecule has 2 rings (SSSR count). The molecule has 0 saturated carbocycles. The molecule has 1 aromatic carbocycles. The maximum Gasteiger partial charge on any atom is 0.129 e. The molecule has 0 spiro atoms. The SMILES string of the molecule is CCNc1nc2ccc(OCC)cc2cc1CC. The summed E-state index contributed by atoms with van der Waals surface area (Å²) in [5, 5.41) is 4.45. The van der Waals surface area contributed by atoms with Crippen LogP contribution in [0.2, 0.25) is 0 Å². The Morgan fingerprint density at radius 3 is 2.67 bits per heavy atom. The van der Waals surface area contributed by atoms with Gasteiger partial charge in [-0.05, 0) is 50.1 Å². The number of benzene rings is 1. The average Bonchev–Trinajstić information content (AvgIpc) is 2.39. The molecule has 0 aliphatic rings.